The van der Waals surface area contributed by atoms with Gasteiger partial charge >= 0.3 is 0 Å². The van der Waals surface area contributed by atoms with E-state index in [4.69, 9.17) is 9.15 Å². The Morgan fingerprint density at radius 3 is 2.95 bits per heavy atom. The van der Waals surface area contributed by atoms with E-state index in [-0.39, 0.29) is 0 Å². The van der Waals surface area contributed by atoms with Gasteiger partial charge in [-0.3, -0.25) is 4.90 Å². The van der Waals surface area contributed by atoms with Crippen LogP contribution in [0.15, 0.2) is 23.0 Å². The van der Waals surface area contributed by atoms with Gasteiger partial charge in [-0.15, -0.1) is 0 Å². The standard InChI is InChI=1S/C16H26N2O2/c1-3-17-9-15(11-19-2)16(12-17)5-6-18(13-16)8-14-4-7-20-10-14/h4,7,10,15H,3,5-6,8-9,11-13H2,1-2H3/t15-,16+/m0/s1. The first kappa shape index (κ1) is 14.1. The predicted octanol–water partition coefficient (Wildman–Crippen LogP) is 2.07. The van der Waals surface area contributed by atoms with E-state index < -0.39 is 0 Å². The molecule has 0 radical (unpaired) electrons. The summed E-state index contributed by atoms with van der Waals surface area (Å²) in [6, 6.07) is 2.07. The number of likely N-dealkylation sites (tertiary alicyclic amines) is 2. The molecule has 4 nitrogen and oxygen atoms in total. The summed E-state index contributed by atoms with van der Waals surface area (Å²) in [5, 5.41) is 0. The Kier molecular flexibility index (Phi) is 4.15. The summed E-state index contributed by atoms with van der Waals surface area (Å²) in [4.78, 5) is 5.16. The zero-order valence-corrected chi connectivity index (χ0v) is 12.7. The molecule has 0 aromatic carbocycles. The van der Waals surface area contributed by atoms with Crippen LogP contribution in [-0.4, -0.2) is 56.2 Å². The van der Waals surface area contributed by atoms with Crippen molar-refractivity contribution in [3.63, 3.8) is 0 Å². The van der Waals surface area contributed by atoms with Crippen LogP contribution in [0.5, 0.6) is 0 Å². The lowest BCUT2D eigenvalue weighted by Crippen LogP contribution is -2.36. The van der Waals surface area contributed by atoms with Gasteiger partial charge in [-0.1, -0.05) is 6.92 Å². The molecule has 0 amide bonds. The molecule has 2 aliphatic rings. The minimum absolute atomic E-state index is 0.440. The Labute approximate surface area is 121 Å². The zero-order valence-electron chi connectivity index (χ0n) is 12.7. The number of ether oxygens (including phenoxy) is 1. The summed E-state index contributed by atoms with van der Waals surface area (Å²) in [6.45, 7) is 10.2. The van der Waals surface area contributed by atoms with Crippen LogP contribution in [-0.2, 0) is 11.3 Å². The Morgan fingerprint density at radius 2 is 2.25 bits per heavy atom. The third-order valence-electron chi connectivity index (χ3n) is 5.15. The molecule has 2 aliphatic heterocycles. The second-order valence-electron chi connectivity index (χ2n) is 6.43. The molecule has 20 heavy (non-hydrogen) atoms. The maximum atomic E-state index is 5.49. The maximum Gasteiger partial charge on any atom is 0.0947 e. The fourth-order valence-electron chi connectivity index (χ4n) is 4.04. The van der Waals surface area contributed by atoms with Crippen molar-refractivity contribution in [1.82, 2.24) is 9.80 Å². The topological polar surface area (TPSA) is 28.9 Å². The quantitative estimate of drug-likeness (QED) is 0.824. The predicted molar refractivity (Wildman–Crippen MR) is 78.5 cm³/mol. The molecule has 0 unspecified atom stereocenters. The van der Waals surface area contributed by atoms with Gasteiger partial charge in [0.15, 0.2) is 0 Å². The van der Waals surface area contributed by atoms with Crippen LogP contribution >= 0.6 is 0 Å². The Bertz CT molecular complexity index is 420. The van der Waals surface area contributed by atoms with E-state index in [1.54, 1.807) is 6.26 Å². The number of nitrogens with zero attached hydrogens (tertiary/aromatic N) is 2. The van der Waals surface area contributed by atoms with Crippen LogP contribution in [0.3, 0.4) is 0 Å². The third kappa shape index (κ3) is 2.65. The van der Waals surface area contributed by atoms with Crippen molar-refractivity contribution in [2.24, 2.45) is 11.3 Å². The monoisotopic (exact) mass is 278 g/mol. The van der Waals surface area contributed by atoms with Crippen LogP contribution in [0.4, 0.5) is 0 Å². The average molecular weight is 278 g/mol. The summed E-state index contributed by atoms with van der Waals surface area (Å²) in [5.41, 5.74) is 1.73. The van der Waals surface area contributed by atoms with E-state index in [9.17, 15) is 0 Å². The number of furan rings is 1. The second-order valence-corrected chi connectivity index (χ2v) is 6.43. The van der Waals surface area contributed by atoms with Crippen molar-refractivity contribution in [1.29, 1.82) is 0 Å². The molecule has 3 heterocycles. The lowest BCUT2D eigenvalue weighted by Gasteiger charge is -2.30. The van der Waals surface area contributed by atoms with E-state index in [1.807, 2.05) is 13.4 Å². The molecule has 0 saturated carbocycles. The molecule has 0 aliphatic carbocycles. The maximum absolute atomic E-state index is 5.49. The van der Waals surface area contributed by atoms with Crippen molar-refractivity contribution < 1.29 is 9.15 Å². The molecular weight excluding hydrogens is 252 g/mol. The van der Waals surface area contributed by atoms with E-state index >= 15 is 0 Å². The molecule has 2 atom stereocenters. The molecule has 1 aromatic heterocycles. The van der Waals surface area contributed by atoms with Crippen LogP contribution in [0.25, 0.3) is 0 Å². The van der Waals surface area contributed by atoms with E-state index in [0.717, 1.165) is 19.7 Å². The summed E-state index contributed by atoms with van der Waals surface area (Å²) in [5.74, 6) is 0.682. The van der Waals surface area contributed by atoms with Gasteiger partial charge < -0.3 is 14.1 Å². The molecule has 0 N–H and O–H groups in total. The zero-order chi connectivity index (χ0) is 14.0. The fraction of sp³-hybridized carbons (Fsp3) is 0.750. The SMILES string of the molecule is CCN1C[C@@H](COC)[C@]2(CCN(Cc3ccoc3)C2)C1. The van der Waals surface area contributed by atoms with Crippen molar-refractivity contribution >= 4 is 0 Å². The van der Waals surface area contributed by atoms with Crippen molar-refractivity contribution in [2.75, 3.05) is 46.4 Å². The summed E-state index contributed by atoms with van der Waals surface area (Å²) >= 11 is 0. The van der Waals surface area contributed by atoms with Gasteiger partial charge in [0.1, 0.15) is 0 Å². The van der Waals surface area contributed by atoms with Gasteiger partial charge in [0.05, 0.1) is 19.1 Å². The van der Waals surface area contributed by atoms with Gasteiger partial charge in [-0.05, 0) is 25.6 Å². The summed E-state index contributed by atoms with van der Waals surface area (Å²) in [6.07, 6.45) is 4.93. The molecular formula is C16H26N2O2. The molecule has 3 rings (SSSR count). The minimum atomic E-state index is 0.440. The molecule has 4 heteroatoms. The highest BCUT2D eigenvalue weighted by molar-refractivity contribution is 5.08. The highest BCUT2D eigenvalue weighted by Crippen LogP contribution is 2.44. The number of methoxy groups -OCH3 is 1. The lowest BCUT2D eigenvalue weighted by molar-refractivity contribution is 0.0958. The average Bonchev–Trinajstić information content (AvgIpc) is 3.15. The third-order valence-corrected chi connectivity index (χ3v) is 5.15. The van der Waals surface area contributed by atoms with Gasteiger partial charge in [0.2, 0.25) is 0 Å². The first-order valence-corrected chi connectivity index (χ1v) is 7.70. The molecule has 1 spiro atoms. The van der Waals surface area contributed by atoms with E-state index in [0.29, 0.717) is 11.3 Å². The first-order valence-electron chi connectivity index (χ1n) is 7.70. The highest BCUT2D eigenvalue weighted by atomic mass is 16.5. The van der Waals surface area contributed by atoms with E-state index in [1.165, 1.54) is 38.2 Å². The number of hydrogen-bond donors (Lipinski definition) is 0. The Morgan fingerprint density at radius 1 is 1.40 bits per heavy atom. The number of rotatable bonds is 5. The van der Waals surface area contributed by atoms with Gasteiger partial charge in [-0.25, -0.2) is 0 Å². The second kappa shape index (κ2) is 5.88. The Hall–Kier alpha value is -0.840. The van der Waals surface area contributed by atoms with Crippen LogP contribution < -0.4 is 0 Å². The largest absolute Gasteiger partial charge is 0.472 e. The van der Waals surface area contributed by atoms with Crippen molar-refractivity contribution in [3.05, 3.63) is 24.2 Å². The van der Waals surface area contributed by atoms with Crippen molar-refractivity contribution in [3.8, 4) is 0 Å². The van der Waals surface area contributed by atoms with Crippen LogP contribution in [0.2, 0.25) is 0 Å². The van der Waals surface area contributed by atoms with Gasteiger partial charge in [-0.2, -0.15) is 0 Å². The van der Waals surface area contributed by atoms with Gasteiger partial charge in [0, 0.05) is 50.2 Å². The molecule has 2 saturated heterocycles. The summed E-state index contributed by atoms with van der Waals surface area (Å²) in [7, 11) is 1.83. The lowest BCUT2D eigenvalue weighted by atomic mass is 9.77. The fourth-order valence-corrected chi connectivity index (χ4v) is 4.04. The normalized spacial score (nSPS) is 31.6. The van der Waals surface area contributed by atoms with Gasteiger partial charge in [0.25, 0.3) is 0 Å². The molecule has 112 valence electrons. The summed E-state index contributed by atoms with van der Waals surface area (Å²) < 4.78 is 10.7. The first-order chi connectivity index (χ1) is 9.75. The minimum Gasteiger partial charge on any atom is -0.472 e. The molecule has 0 bridgehead atoms. The van der Waals surface area contributed by atoms with Crippen molar-refractivity contribution in [2.45, 2.75) is 19.9 Å². The van der Waals surface area contributed by atoms with E-state index in [2.05, 4.69) is 22.8 Å². The molecule has 2 fully saturated rings. The smallest absolute Gasteiger partial charge is 0.0947 e. The highest BCUT2D eigenvalue weighted by Gasteiger charge is 2.49. The Balaban J connectivity index is 1.66. The van der Waals surface area contributed by atoms with Crippen LogP contribution in [0.1, 0.15) is 18.9 Å². The molecule has 1 aromatic rings. The number of hydrogen-bond acceptors (Lipinski definition) is 4. The van der Waals surface area contributed by atoms with Crippen LogP contribution in [0, 0.1) is 11.3 Å².